The lowest BCUT2D eigenvalue weighted by atomic mass is 10.1. The SMILES string of the molecule is Nc1cccc2c1CN(CCc1ccncc1)C2. The highest BCUT2D eigenvalue weighted by Gasteiger charge is 2.19. The Bertz CT molecular complexity index is 537. The highest BCUT2D eigenvalue weighted by molar-refractivity contribution is 5.52. The second-order valence-corrected chi connectivity index (χ2v) is 4.80. The third kappa shape index (κ3) is 2.22. The molecule has 3 nitrogen and oxygen atoms in total. The molecule has 0 fully saturated rings. The van der Waals surface area contributed by atoms with Gasteiger partial charge >= 0.3 is 0 Å². The summed E-state index contributed by atoms with van der Waals surface area (Å²) < 4.78 is 0. The van der Waals surface area contributed by atoms with Crippen molar-refractivity contribution in [1.82, 2.24) is 9.88 Å². The van der Waals surface area contributed by atoms with Gasteiger partial charge in [-0.2, -0.15) is 0 Å². The molecular formula is C15H17N3. The third-order valence-corrected chi connectivity index (χ3v) is 3.55. The molecule has 0 aliphatic carbocycles. The van der Waals surface area contributed by atoms with Crippen LogP contribution in [-0.4, -0.2) is 16.4 Å². The molecule has 18 heavy (non-hydrogen) atoms. The molecule has 2 aromatic rings. The van der Waals surface area contributed by atoms with Crippen LogP contribution in [0, 0.1) is 0 Å². The van der Waals surface area contributed by atoms with E-state index in [0.717, 1.165) is 31.7 Å². The van der Waals surface area contributed by atoms with Gasteiger partial charge in [0.25, 0.3) is 0 Å². The molecule has 0 atom stereocenters. The number of pyridine rings is 1. The minimum absolute atomic E-state index is 0.930. The number of hydrogen-bond acceptors (Lipinski definition) is 3. The Morgan fingerprint density at radius 2 is 1.94 bits per heavy atom. The summed E-state index contributed by atoms with van der Waals surface area (Å²) in [6.45, 7) is 3.07. The van der Waals surface area contributed by atoms with E-state index in [2.05, 4.69) is 28.1 Å². The van der Waals surface area contributed by atoms with Crippen molar-refractivity contribution in [2.75, 3.05) is 12.3 Å². The van der Waals surface area contributed by atoms with Crippen LogP contribution in [0.1, 0.15) is 16.7 Å². The van der Waals surface area contributed by atoms with E-state index < -0.39 is 0 Å². The van der Waals surface area contributed by atoms with Crippen molar-refractivity contribution in [1.29, 1.82) is 0 Å². The first-order chi connectivity index (χ1) is 8.83. The van der Waals surface area contributed by atoms with Crippen molar-refractivity contribution in [3.05, 3.63) is 59.4 Å². The van der Waals surface area contributed by atoms with Crippen LogP contribution in [0.15, 0.2) is 42.7 Å². The van der Waals surface area contributed by atoms with E-state index in [1.807, 2.05) is 24.5 Å². The number of hydrogen-bond donors (Lipinski definition) is 1. The first-order valence-electron chi connectivity index (χ1n) is 6.30. The quantitative estimate of drug-likeness (QED) is 0.835. The molecular weight excluding hydrogens is 222 g/mol. The molecule has 0 saturated heterocycles. The number of rotatable bonds is 3. The summed E-state index contributed by atoms with van der Waals surface area (Å²) in [5.74, 6) is 0. The van der Waals surface area contributed by atoms with Gasteiger partial charge in [0.2, 0.25) is 0 Å². The highest BCUT2D eigenvalue weighted by atomic mass is 15.1. The van der Waals surface area contributed by atoms with Crippen LogP contribution in [0.2, 0.25) is 0 Å². The van der Waals surface area contributed by atoms with Crippen molar-refractivity contribution < 1.29 is 0 Å². The average molecular weight is 239 g/mol. The van der Waals surface area contributed by atoms with Crippen LogP contribution in [0.4, 0.5) is 5.69 Å². The zero-order valence-electron chi connectivity index (χ0n) is 10.3. The van der Waals surface area contributed by atoms with E-state index in [4.69, 9.17) is 5.73 Å². The van der Waals surface area contributed by atoms with E-state index in [1.165, 1.54) is 16.7 Å². The minimum Gasteiger partial charge on any atom is -0.398 e. The number of benzene rings is 1. The normalized spacial score (nSPS) is 14.7. The van der Waals surface area contributed by atoms with Crippen molar-refractivity contribution in [2.24, 2.45) is 0 Å². The maximum absolute atomic E-state index is 6.01. The predicted octanol–water partition coefficient (Wildman–Crippen LogP) is 2.22. The van der Waals surface area contributed by atoms with Gasteiger partial charge in [-0.1, -0.05) is 12.1 Å². The molecule has 3 rings (SSSR count). The topological polar surface area (TPSA) is 42.1 Å². The molecule has 2 heterocycles. The molecule has 2 N–H and O–H groups in total. The summed E-state index contributed by atoms with van der Waals surface area (Å²) in [5, 5.41) is 0. The zero-order chi connectivity index (χ0) is 12.4. The van der Waals surface area contributed by atoms with Crippen LogP contribution in [0.3, 0.4) is 0 Å². The second kappa shape index (κ2) is 4.78. The van der Waals surface area contributed by atoms with Crippen LogP contribution >= 0.6 is 0 Å². The van der Waals surface area contributed by atoms with E-state index >= 15 is 0 Å². The Balaban J connectivity index is 1.63. The number of aromatic nitrogens is 1. The Hall–Kier alpha value is -1.87. The maximum atomic E-state index is 6.01. The van der Waals surface area contributed by atoms with Crippen LogP contribution in [-0.2, 0) is 19.5 Å². The van der Waals surface area contributed by atoms with Crippen molar-refractivity contribution in [3.8, 4) is 0 Å². The lowest BCUT2D eigenvalue weighted by Gasteiger charge is -2.14. The van der Waals surface area contributed by atoms with Crippen molar-refractivity contribution >= 4 is 5.69 Å². The van der Waals surface area contributed by atoms with E-state index in [1.54, 1.807) is 0 Å². The van der Waals surface area contributed by atoms with Gasteiger partial charge in [-0.05, 0) is 41.3 Å². The molecule has 0 bridgehead atoms. The third-order valence-electron chi connectivity index (χ3n) is 3.55. The van der Waals surface area contributed by atoms with Crippen molar-refractivity contribution in [2.45, 2.75) is 19.5 Å². The molecule has 1 aromatic heterocycles. The first kappa shape index (κ1) is 11.2. The summed E-state index contributed by atoms with van der Waals surface area (Å²) >= 11 is 0. The summed E-state index contributed by atoms with van der Waals surface area (Å²) in [6.07, 6.45) is 4.77. The molecule has 1 aromatic carbocycles. The Morgan fingerprint density at radius 1 is 1.11 bits per heavy atom. The van der Waals surface area contributed by atoms with Crippen LogP contribution < -0.4 is 5.73 Å². The molecule has 0 amide bonds. The molecule has 0 spiro atoms. The van der Waals surface area contributed by atoms with E-state index in [0.29, 0.717) is 0 Å². The van der Waals surface area contributed by atoms with Gasteiger partial charge in [-0.25, -0.2) is 0 Å². The number of nitrogens with two attached hydrogens (primary N) is 1. The molecule has 92 valence electrons. The average Bonchev–Trinajstić information content (AvgIpc) is 2.82. The van der Waals surface area contributed by atoms with Gasteiger partial charge in [-0.3, -0.25) is 9.88 Å². The number of anilines is 1. The van der Waals surface area contributed by atoms with Gasteiger partial charge < -0.3 is 5.73 Å². The highest BCUT2D eigenvalue weighted by Crippen LogP contribution is 2.27. The first-order valence-corrected chi connectivity index (χ1v) is 6.30. The fourth-order valence-corrected chi connectivity index (χ4v) is 2.51. The molecule has 1 aliphatic heterocycles. The second-order valence-electron chi connectivity index (χ2n) is 4.80. The Labute approximate surface area is 107 Å². The van der Waals surface area contributed by atoms with Gasteiger partial charge in [0, 0.05) is 37.7 Å². The summed E-state index contributed by atoms with van der Waals surface area (Å²) in [6, 6.07) is 10.4. The largest absolute Gasteiger partial charge is 0.398 e. The lowest BCUT2D eigenvalue weighted by molar-refractivity contribution is 0.288. The van der Waals surface area contributed by atoms with Gasteiger partial charge in [0.05, 0.1) is 0 Å². The molecule has 0 saturated carbocycles. The summed E-state index contributed by atoms with van der Waals surface area (Å²) in [5.41, 5.74) is 11.0. The Morgan fingerprint density at radius 3 is 2.72 bits per heavy atom. The van der Waals surface area contributed by atoms with Gasteiger partial charge in [0.1, 0.15) is 0 Å². The number of nitrogens with zero attached hydrogens (tertiary/aromatic N) is 2. The molecule has 3 heteroatoms. The standard InChI is InChI=1S/C15H17N3/c16-15-3-1-2-13-10-18(11-14(13)15)9-6-12-4-7-17-8-5-12/h1-5,7-8H,6,9-11,16H2. The number of fused-ring (bicyclic) bond motifs is 1. The van der Waals surface area contributed by atoms with Crippen LogP contribution in [0.5, 0.6) is 0 Å². The zero-order valence-corrected chi connectivity index (χ0v) is 10.3. The summed E-state index contributed by atoms with van der Waals surface area (Å²) in [7, 11) is 0. The fraction of sp³-hybridized carbons (Fsp3) is 0.267. The van der Waals surface area contributed by atoms with Gasteiger partial charge in [-0.15, -0.1) is 0 Å². The smallest absolute Gasteiger partial charge is 0.0363 e. The monoisotopic (exact) mass is 239 g/mol. The lowest BCUT2D eigenvalue weighted by Crippen LogP contribution is -2.19. The summed E-state index contributed by atoms with van der Waals surface area (Å²) in [4.78, 5) is 6.48. The van der Waals surface area contributed by atoms with E-state index in [-0.39, 0.29) is 0 Å². The number of nitrogen functional groups attached to an aromatic ring is 1. The van der Waals surface area contributed by atoms with Crippen LogP contribution in [0.25, 0.3) is 0 Å². The van der Waals surface area contributed by atoms with Crippen molar-refractivity contribution in [3.63, 3.8) is 0 Å². The Kier molecular flexibility index (Phi) is 2.99. The molecule has 0 radical (unpaired) electrons. The predicted molar refractivity (Wildman–Crippen MR) is 72.9 cm³/mol. The van der Waals surface area contributed by atoms with Gasteiger partial charge in [0.15, 0.2) is 0 Å². The molecule has 1 aliphatic rings. The minimum atomic E-state index is 0.930. The molecule has 0 unspecified atom stereocenters. The van der Waals surface area contributed by atoms with E-state index in [9.17, 15) is 0 Å². The maximum Gasteiger partial charge on any atom is 0.0363 e. The fourth-order valence-electron chi connectivity index (χ4n) is 2.51.